The largest absolute Gasteiger partial charge is 0.445 e. The molecule has 0 bridgehead atoms. The maximum atomic E-state index is 12.8. The summed E-state index contributed by atoms with van der Waals surface area (Å²) in [7, 11) is 0. The minimum atomic E-state index is -4.50. The van der Waals surface area contributed by atoms with Crippen molar-refractivity contribution in [3.63, 3.8) is 0 Å². The topological polar surface area (TPSA) is 51.2 Å². The van der Waals surface area contributed by atoms with Crippen molar-refractivity contribution in [1.29, 1.82) is 0 Å². The van der Waals surface area contributed by atoms with Gasteiger partial charge in [-0.2, -0.15) is 13.2 Å². The van der Waals surface area contributed by atoms with Crippen LogP contribution in [-0.4, -0.2) is 17.6 Å². The van der Waals surface area contributed by atoms with Gasteiger partial charge < -0.3 is 10.1 Å². The Morgan fingerprint density at radius 2 is 1.92 bits per heavy atom. The van der Waals surface area contributed by atoms with Crippen molar-refractivity contribution in [2.75, 3.05) is 6.54 Å². The first-order chi connectivity index (χ1) is 12.0. The lowest BCUT2D eigenvalue weighted by Crippen LogP contribution is -2.24. The quantitative estimate of drug-likeness (QED) is 0.676. The van der Waals surface area contributed by atoms with Gasteiger partial charge in [0.1, 0.15) is 12.3 Å². The Morgan fingerprint density at radius 3 is 2.64 bits per heavy atom. The van der Waals surface area contributed by atoms with Gasteiger partial charge in [0.2, 0.25) is 0 Å². The van der Waals surface area contributed by atoms with Gasteiger partial charge in [-0.1, -0.05) is 36.3 Å². The number of carbonyl (C=O) groups is 1. The average molecular weight is 348 g/mol. The molecule has 1 aromatic carbocycles. The van der Waals surface area contributed by atoms with E-state index in [9.17, 15) is 18.0 Å². The number of pyridine rings is 1. The Kier molecular flexibility index (Phi) is 6.40. The molecule has 1 aromatic heterocycles. The van der Waals surface area contributed by atoms with E-state index < -0.39 is 17.8 Å². The second-order valence-electron chi connectivity index (χ2n) is 4.94. The van der Waals surface area contributed by atoms with Crippen LogP contribution >= 0.6 is 0 Å². The highest BCUT2D eigenvalue weighted by atomic mass is 19.4. The highest BCUT2D eigenvalue weighted by Crippen LogP contribution is 2.30. The SMILES string of the molecule is O=C(NCCC#Cc1ncccc1C(F)(F)F)OCc1ccccc1. The van der Waals surface area contributed by atoms with Gasteiger partial charge in [0.05, 0.1) is 5.56 Å². The molecule has 0 atom stereocenters. The van der Waals surface area contributed by atoms with Crippen LogP contribution in [0.4, 0.5) is 18.0 Å². The van der Waals surface area contributed by atoms with Crippen LogP contribution < -0.4 is 5.32 Å². The van der Waals surface area contributed by atoms with Gasteiger partial charge in [-0.05, 0) is 23.6 Å². The van der Waals surface area contributed by atoms with E-state index in [1.165, 1.54) is 12.3 Å². The van der Waals surface area contributed by atoms with E-state index >= 15 is 0 Å². The standard InChI is InChI=1S/C18H15F3N2O2/c19-18(20,21)15-9-6-12-22-16(15)10-4-5-11-23-17(24)25-13-14-7-2-1-3-8-14/h1-3,6-9,12H,5,11,13H2,(H,23,24). The van der Waals surface area contributed by atoms with Gasteiger partial charge in [-0.3, -0.25) is 0 Å². The van der Waals surface area contributed by atoms with E-state index in [2.05, 4.69) is 22.1 Å². The maximum Gasteiger partial charge on any atom is 0.419 e. The third-order valence-electron chi connectivity index (χ3n) is 3.05. The average Bonchev–Trinajstić information content (AvgIpc) is 2.60. The molecule has 4 nitrogen and oxygen atoms in total. The number of alkyl halides is 3. The van der Waals surface area contributed by atoms with Gasteiger partial charge >= 0.3 is 12.3 Å². The third kappa shape index (κ3) is 6.18. The van der Waals surface area contributed by atoms with Crippen LogP contribution in [0.2, 0.25) is 0 Å². The number of ether oxygens (including phenoxy) is 1. The second-order valence-corrected chi connectivity index (χ2v) is 4.94. The molecule has 25 heavy (non-hydrogen) atoms. The highest BCUT2D eigenvalue weighted by Gasteiger charge is 2.33. The van der Waals surface area contributed by atoms with Gasteiger partial charge in [-0.15, -0.1) is 0 Å². The van der Waals surface area contributed by atoms with Crippen LogP contribution in [0.25, 0.3) is 0 Å². The summed E-state index contributed by atoms with van der Waals surface area (Å²) in [6, 6.07) is 11.3. The van der Waals surface area contributed by atoms with Gasteiger partial charge in [0, 0.05) is 19.2 Å². The molecule has 1 N–H and O–H groups in total. The van der Waals surface area contributed by atoms with Crippen LogP contribution in [-0.2, 0) is 17.5 Å². The Labute approximate surface area is 143 Å². The molecule has 0 saturated carbocycles. The molecule has 0 spiro atoms. The van der Waals surface area contributed by atoms with Crippen LogP contribution in [0.5, 0.6) is 0 Å². The van der Waals surface area contributed by atoms with Crippen molar-refractivity contribution < 1.29 is 22.7 Å². The molecule has 0 unspecified atom stereocenters. The molecule has 0 aliphatic rings. The van der Waals surface area contributed by atoms with Gasteiger partial charge in [0.15, 0.2) is 0 Å². The molecule has 0 aliphatic carbocycles. The summed E-state index contributed by atoms with van der Waals surface area (Å²) in [6.07, 6.45) is -3.69. The maximum absolute atomic E-state index is 12.8. The molecule has 1 amide bonds. The molecule has 7 heteroatoms. The Bertz CT molecular complexity index is 765. The molecule has 0 saturated heterocycles. The summed E-state index contributed by atoms with van der Waals surface area (Å²) in [5.74, 6) is 4.94. The van der Waals surface area contributed by atoms with Gasteiger partial charge in [0.25, 0.3) is 0 Å². The normalized spacial score (nSPS) is 10.5. The first-order valence-electron chi connectivity index (χ1n) is 7.42. The van der Waals surface area contributed by atoms with Crippen molar-refractivity contribution >= 4 is 6.09 Å². The zero-order valence-corrected chi connectivity index (χ0v) is 13.1. The zero-order chi connectivity index (χ0) is 18.1. The predicted molar refractivity (Wildman–Crippen MR) is 85.4 cm³/mol. The lowest BCUT2D eigenvalue weighted by Gasteiger charge is -2.07. The molecule has 2 aromatic rings. The summed E-state index contributed by atoms with van der Waals surface area (Å²) in [4.78, 5) is 15.1. The number of carbonyl (C=O) groups excluding carboxylic acids is 1. The van der Waals surface area contributed by atoms with Crippen molar-refractivity contribution in [2.24, 2.45) is 0 Å². The van der Waals surface area contributed by atoms with Crippen LogP contribution in [0.1, 0.15) is 23.2 Å². The number of halogens is 3. The minimum Gasteiger partial charge on any atom is -0.445 e. The van der Waals surface area contributed by atoms with Crippen LogP contribution in [0, 0.1) is 11.8 Å². The smallest absolute Gasteiger partial charge is 0.419 e. The van der Waals surface area contributed by atoms with Gasteiger partial charge in [-0.25, -0.2) is 9.78 Å². The number of rotatable bonds is 4. The molecule has 130 valence electrons. The fourth-order valence-corrected chi connectivity index (χ4v) is 1.88. The second kappa shape index (κ2) is 8.73. The van der Waals surface area contributed by atoms with Crippen molar-refractivity contribution in [1.82, 2.24) is 10.3 Å². The van der Waals surface area contributed by atoms with Crippen molar-refractivity contribution in [3.8, 4) is 11.8 Å². The lowest BCUT2D eigenvalue weighted by molar-refractivity contribution is -0.138. The van der Waals surface area contributed by atoms with E-state index in [0.29, 0.717) is 0 Å². The molecule has 0 aliphatic heterocycles. The molecule has 0 radical (unpaired) electrons. The zero-order valence-electron chi connectivity index (χ0n) is 13.1. The van der Waals surface area contributed by atoms with E-state index in [0.717, 1.165) is 11.6 Å². The number of alkyl carbamates (subject to hydrolysis) is 1. The van der Waals surface area contributed by atoms with E-state index in [1.54, 1.807) is 0 Å². The molecular weight excluding hydrogens is 333 g/mol. The monoisotopic (exact) mass is 348 g/mol. The first kappa shape index (κ1) is 18.3. The predicted octanol–water partition coefficient (Wildman–Crippen LogP) is 3.77. The number of benzene rings is 1. The third-order valence-corrected chi connectivity index (χ3v) is 3.05. The number of nitrogens with one attached hydrogen (secondary N) is 1. The van der Waals surface area contributed by atoms with E-state index in [-0.39, 0.29) is 25.3 Å². The molecule has 2 rings (SSSR count). The van der Waals surface area contributed by atoms with E-state index in [4.69, 9.17) is 4.74 Å². The van der Waals surface area contributed by atoms with Crippen LogP contribution in [0.15, 0.2) is 48.7 Å². The molecular formula is C18H15F3N2O2. The summed E-state index contributed by atoms with van der Waals surface area (Å²) in [5.41, 5.74) is -0.355. The number of aromatic nitrogens is 1. The lowest BCUT2D eigenvalue weighted by atomic mass is 10.2. The Hall–Kier alpha value is -3.01. The fraction of sp³-hybridized carbons (Fsp3) is 0.222. The summed E-state index contributed by atoms with van der Waals surface area (Å²) in [6.45, 7) is 0.302. The number of hydrogen-bond acceptors (Lipinski definition) is 3. The Balaban J connectivity index is 1.77. The number of hydrogen-bond donors (Lipinski definition) is 1. The van der Waals surface area contributed by atoms with Crippen LogP contribution in [0.3, 0.4) is 0 Å². The number of amides is 1. The minimum absolute atomic E-state index is 0.140. The summed E-state index contributed by atoms with van der Waals surface area (Å²) in [5, 5.41) is 2.48. The van der Waals surface area contributed by atoms with Crippen molar-refractivity contribution in [3.05, 3.63) is 65.5 Å². The van der Waals surface area contributed by atoms with E-state index in [1.807, 2.05) is 30.3 Å². The Morgan fingerprint density at radius 1 is 1.16 bits per heavy atom. The molecule has 1 heterocycles. The first-order valence-corrected chi connectivity index (χ1v) is 7.42. The molecule has 0 fully saturated rings. The number of nitrogens with zero attached hydrogens (tertiary/aromatic N) is 1. The highest BCUT2D eigenvalue weighted by molar-refractivity contribution is 5.67. The summed E-state index contributed by atoms with van der Waals surface area (Å²) < 4.78 is 43.3. The van der Waals surface area contributed by atoms with Crippen molar-refractivity contribution in [2.45, 2.75) is 19.2 Å². The summed E-state index contributed by atoms with van der Waals surface area (Å²) >= 11 is 0. The fourth-order valence-electron chi connectivity index (χ4n) is 1.88.